The van der Waals surface area contributed by atoms with Crippen LogP contribution in [0.4, 0.5) is 0 Å². The number of benzene rings is 1. The van der Waals surface area contributed by atoms with Crippen molar-refractivity contribution in [2.45, 2.75) is 13.0 Å². The molecule has 0 fully saturated rings. The van der Waals surface area contributed by atoms with Crippen LogP contribution in [0.5, 0.6) is 11.5 Å². The summed E-state index contributed by atoms with van der Waals surface area (Å²) in [6.45, 7) is 3.01. The molecule has 6 nitrogen and oxygen atoms in total. The van der Waals surface area contributed by atoms with E-state index in [0.717, 1.165) is 0 Å². The lowest BCUT2D eigenvalue weighted by atomic mass is 10.1. The van der Waals surface area contributed by atoms with Gasteiger partial charge in [-0.25, -0.2) is 0 Å². The largest absolute Gasteiger partial charge is 0.508 e. The third-order valence-electron chi connectivity index (χ3n) is 2.90. The fraction of sp³-hybridized carbons (Fsp3) is 0.500. The molecule has 0 heterocycles. The highest BCUT2D eigenvalue weighted by Gasteiger charge is 2.12. The summed E-state index contributed by atoms with van der Waals surface area (Å²) in [7, 11) is 3.15. The van der Waals surface area contributed by atoms with Crippen LogP contribution in [0.3, 0.4) is 0 Å². The van der Waals surface area contributed by atoms with Crippen LogP contribution in [0.15, 0.2) is 18.2 Å². The number of hydrogen-bond acceptors (Lipinski definition) is 5. The van der Waals surface area contributed by atoms with E-state index in [1.807, 2.05) is 6.92 Å². The molecular formula is C14H22N2O4. The van der Waals surface area contributed by atoms with Crippen LogP contribution in [0, 0.1) is 0 Å². The minimum absolute atomic E-state index is 0.115. The highest BCUT2D eigenvalue weighted by molar-refractivity contribution is 5.78. The molecule has 1 aromatic carbocycles. The van der Waals surface area contributed by atoms with Crippen molar-refractivity contribution < 1.29 is 19.4 Å². The molecule has 1 atom stereocenters. The molecule has 0 aliphatic heterocycles. The maximum absolute atomic E-state index is 11.5. The van der Waals surface area contributed by atoms with Gasteiger partial charge < -0.3 is 25.2 Å². The maximum Gasteiger partial charge on any atom is 0.234 e. The molecule has 0 aromatic heterocycles. The number of rotatable bonds is 8. The summed E-state index contributed by atoms with van der Waals surface area (Å²) in [5.74, 6) is 0.720. The molecule has 20 heavy (non-hydrogen) atoms. The fourth-order valence-corrected chi connectivity index (χ4v) is 1.72. The Bertz CT molecular complexity index is 437. The lowest BCUT2D eigenvalue weighted by Gasteiger charge is -2.16. The topological polar surface area (TPSA) is 79.8 Å². The number of amides is 1. The smallest absolute Gasteiger partial charge is 0.234 e. The maximum atomic E-state index is 11.5. The summed E-state index contributed by atoms with van der Waals surface area (Å²) in [5, 5.41) is 15.6. The molecule has 0 saturated heterocycles. The van der Waals surface area contributed by atoms with Crippen molar-refractivity contribution >= 4 is 5.91 Å². The average Bonchev–Trinajstić information content (AvgIpc) is 2.45. The second kappa shape index (κ2) is 8.39. The van der Waals surface area contributed by atoms with Crippen LogP contribution in [-0.4, -0.2) is 44.9 Å². The Morgan fingerprint density at radius 1 is 1.40 bits per heavy atom. The van der Waals surface area contributed by atoms with Gasteiger partial charge in [0.15, 0.2) is 0 Å². The van der Waals surface area contributed by atoms with E-state index in [-0.39, 0.29) is 24.2 Å². The summed E-state index contributed by atoms with van der Waals surface area (Å²) in [4.78, 5) is 11.5. The number of hydrogen-bond donors (Lipinski definition) is 3. The average molecular weight is 282 g/mol. The van der Waals surface area contributed by atoms with Crippen LogP contribution in [0.25, 0.3) is 0 Å². The van der Waals surface area contributed by atoms with Crippen LogP contribution in [0.1, 0.15) is 18.5 Å². The van der Waals surface area contributed by atoms with Gasteiger partial charge in [-0.05, 0) is 25.1 Å². The lowest BCUT2D eigenvalue weighted by Crippen LogP contribution is -2.36. The van der Waals surface area contributed by atoms with Gasteiger partial charge in [-0.2, -0.15) is 0 Å². The molecule has 1 aromatic rings. The van der Waals surface area contributed by atoms with Crippen molar-refractivity contribution in [3.8, 4) is 11.5 Å². The molecule has 0 radical (unpaired) electrons. The van der Waals surface area contributed by atoms with Gasteiger partial charge in [0.25, 0.3) is 0 Å². The molecular weight excluding hydrogens is 260 g/mol. The molecule has 1 rings (SSSR count). The second-order valence-electron chi connectivity index (χ2n) is 4.37. The van der Waals surface area contributed by atoms with Crippen molar-refractivity contribution in [2.75, 3.05) is 33.9 Å². The summed E-state index contributed by atoms with van der Waals surface area (Å²) >= 11 is 0. The first-order valence-corrected chi connectivity index (χ1v) is 6.44. The SMILES string of the molecule is COCCNC(=O)CNC(C)c1cc(OC)ccc1O. The number of carbonyl (C=O) groups excluding carboxylic acids is 1. The first-order chi connectivity index (χ1) is 9.58. The van der Waals surface area contributed by atoms with Gasteiger partial charge in [0, 0.05) is 25.3 Å². The fourth-order valence-electron chi connectivity index (χ4n) is 1.72. The molecule has 1 amide bonds. The van der Waals surface area contributed by atoms with E-state index in [0.29, 0.717) is 24.5 Å². The standard InChI is InChI=1S/C14H22N2O4/c1-10(16-9-14(18)15-6-7-19-2)12-8-11(20-3)4-5-13(12)17/h4-5,8,10,16-17H,6-7,9H2,1-3H3,(H,15,18). The molecule has 112 valence electrons. The van der Waals surface area contributed by atoms with Gasteiger partial charge in [-0.1, -0.05) is 0 Å². The van der Waals surface area contributed by atoms with E-state index >= 15 is 0 Å². The Hall–Kier alpha value is -1.79. The minimum Gasteiger partial charge on any atom is -0.508 e. The Morgan fingerprint density at radius 2 is 2.15 bits per heavy atom. The summed E-state index contributed by atoms with van der Waals surface area (Å²) in [6, 6.07) is 4.84. The van der Waals surface area contributed by atoms with Gasteiger partial charge in [0.05, 0.1) is 20.3 Å². The zero-order valence-electron chi connectivity index (χ0n) is 12.1. The van der Waals surface area contributed by atoms with E-state index < -0.39 is 0 Å². The molecule has 0 aliphatic carbocycles. The third kappa shape index (κ3) is 5.07. The third-order valence-corrected chi connectivity index (χ3v) is 2.90. The van der Waals surface area contributed by atoms with Gasteiger partial charge in [-0.3, -0.25) is 4.79 Å². The zero-order chi connectivity index (χ0) is 15.0. The van der Waals surface area contributed by atoms with E-state index in [1.54, 1.807) is 32.4 Å². The molecule has 0 aliphatic rings. The quantitative estimate of drug-likeness (QED) is 0.615. The predicted molar refractivity (Wildman–Crippen MR) is 76.0 cm³/mol. The zero-order valence-corrected chi connectivity index (χ0v) is 12.1. The normalized spacial score (nSPS) is 11.9. The van der Waals surface area contributed by atoms with E-state index in [2.05, 4.69) is 10.6 Å². The Balaban J connectivity index is 2.50. The molecule has 0 spiro atoms. The van der Waals surface area contributed by atoms with E-state index in [4.69, 9.17) is 9.47 Å². The second-order valence-corrected chi connectivity index (χ2v) is 4.37. The number of carbonyl (C=O) groups is 1. The molecule has 1 unspecified atom stereocenters. The molecule has 3 N–H and O–H groups in total. The first kappa shape index (κ1) is 16.3. The first-order valence-electron chi connectivity index (χ1n) is 6.44. The lowest BCUT2D eigenvalue weighted by molar-refractivity contribution is -0.120. The number of phenols is 1. The summed E-state index contributed by atoms with van der Waals surface area (Å²) < 4.78 is 9.97. The van der Waals surface area contributed by atoms with Gasteiger partial charge >= 0.3 is 0 Å². The summed E-state index contributed by atoms with van der Waals surface area (Å²) in [6.07, 6.45) is 0. The van der Waals surface area contributed by atoms with E-state index in [9.17, 15) is 9.90 Å². The minimum atomic E-state index is -0.168. The van der Waals surface area contributed by atoms with Crippen LogP contribution >= 0.6 is 0 Å². The number of phenolic OH excluding ortho intramolecular Hbond substituents is 1. The number of nitrogens with one attached hydrogen (secondary N) is 2. The van der Waals surface area contributed by atoms with E-state index in [1.165, 1.54) is 0 Å². The number of methoxy groups -OCH3 is 2. The Labute approximate surface area is 119 Å². The van der Waals surface area contributed by atoms with Crippen molar-refractivity contribution in [1.29, 1.82) is 0 Å². The van der Waals surface area contributed by atoms with Crippen molar-refractivity contribution in [2.24, 2.45) is 0 Å². The van der Waals surface area contributed by atoms with Gasteiger partial charge in [0.2, 0.25) is 5.91 Å². The van der Waals surface area contributed by atoms with Crippen LogP contribution in [-0.2, 0) is 9.53 Å². The number of ether oxygens (including phenoxy) is 2. The highest BCUT2D eigenvalue weighted by atomic mass is 16.5. The Morgan fingerprint density at radius 3 is 2.80 bits per heavy atom. The van der Waals surface area contributed by atoms with Gasteiger partial charge in [-0.15, -0.1) is 0 Å². The van der Waals surface area contributed by atoms with Crippen LogP contribution in [0.2, 0.25) is 0 Å². The predicted octanol–water partition coefficient (Wildman–Crippen LogP) is 0.814. The highest BCUT2D eigenvalue weighted by Crippen LogP contribution is 2.27. The molecule has 6 heteroatoms. The monoisotopic (exact) mass is 282 g/mol. The van der Waals surface area contributed by atoms with Crippen LogP contribution < -0.4 is 15.4 Å². The van der Waals surface area contributed by atoms with Crippen molar-refractivity contribution in [3.05, 3.63) is 23.8 Å². The number of aromatic hydroxyl groups is 1. The summed E-state index contributed by atoms with van der Waals surface area (Å²) in [5.41, 5.74) is 0.689. The van der Waals surface area contributed by atoms with Gasteiger partial charge in [0.1, 0.15) is 11.5 Å². The molecule has 0 bridgehead atoms. The molecule has 0 saturated carbocycles. The van der Waals surface area contributed by atoms with Crippen molar-refractivity contribution in [1.82, 2.24) is 10.6 Å². The Kier molecular flexibility index (Phi) is 6.83. The van der Waals surface area contributed by atoms with Crippen molar-refractivity contribution in [3.63, 3.8) is 0 Å².